The molecule has 1 atom stereocenters. The first kappa shape index (κ1) is 26.2. The topological polar surface area (TPSA) is 101 Å². The van der Waals surface area contributed by atoms with Gasteiger partial charge < -0.3 is 15.0 Å². The number of anilines is 2. The summed E-state index contributed by atoms with van der Waals surface area (Å²) in [6, 6.07) is 12.7. The summed E-state index contributed by atoms with van der Waals surface area (Å²) in [7, 11) is -3.20. The first-order valence-electron chi connectivity index (χ1n) is 11.5. The number of rotatable bonds is 9. The standard InChI is InChI=1S/C26H26F2N4O4S/c1-17(19-5-3-6-20(13-19)18-9-11-29-12-10-18)32(16-33)22-14-21(27)24(15-23(22)36-2)37(34,35)31-26-8-4-7-25(28)30-26/h3-9,13-17,29H,10-12H2,1-2H3,(H,30,31)/t17-/m1/s1. The summed E-state index contributed by atoms with van der Waals surface area (Å²) in [5.74, 6) is -2.36. The van der Waals surface area contributed by atoms with Gasteiger partial charge in [0.2, 0.25) is 12.4 Å². The summed E-state index contributed by atoms with van der Waals surface area (Å²) in [6.45, 7) is 3.44. The van der Waals surface area contributed by atoms with E-state index in [4.69, 9.17) is 4.74 Å². The largest absolute Gasteiger partial charge is 0.495 e. The average molecular weight is 529 g/mol. The number of halogens is 2. The fraction of sp³-hybridized carbons (Fsp3) is 0.231. The van der Waals surface area contributed by atoms with Crippen LogP contribution in [-0.2, 0) is 14.8 Å². The van der Waals surface area contributed by atoms with Crippen molar-refractivity contribution in [3.8, 4) is 5.75 Å². The Morgan fingerprint density at radius 1 is 1.16 bits per heavy atom. The van der Waals surface area contributed by atoms with Gasteiger partial charge in [0.05, 0.1) is 18.8 Å². The molecule has 0 spiro atoms. The van der Waals surface area contributed by atoms with E-state index in [-0.39, 0.29) is 17.3 Å². The molecule has 1 aliphatic heterocycles. The van der Waals surface area contributed by atoms with Gasteiger partial charge in [-0.05, 0) is 54.8 Å². The molecule has 0 saturated heterocycles. The van der Waals surface area contributed by atoms with E-state index in [1.54, 1.807) is 6.92 Å². The van der Waals surface area contributed by atoms with Crippen molar-refractivity contribution in [2.24, 2.45) is 0 Å². The van der Waals surface area contributed by atoms with Gasteiger partial charge in [0.1, 0.15) is 22.3 Å². The van der Waals surface area contributed by atoms with Crippen LogP contribution in [0.15, 0.2) is 65.6 Å². The van der Waals surface area contributed by atoms with Gasteiger partial charge in [-0.25, -0.2) is 17.8 Å². The number of methoxy groups -OCH3 is 1. The Kier molecular flexibility index (Phi) is 7.84. The molecule has 37 heavy (non-hydrogen) atoms. The number of hydrogen-bond acceptors (Lipinski definition) is 6. The molecule has 0 bridgehead atoms. The van der Waals surface area contributed by atoms with Crippen molar-refractivity contribution in [2.75, 3.05) is 29.8 Å². The molecular weight excluding hydrogens is 502 g/mol. The van der Waals surface area contributed by atoms with Crippen LogP contribution in [0.5, 0.6) is 5.75 Å². The lowest BCUT2D eigenvalue weighted by molar-refractivity contribution is -0.107. The normalized spacial score (nSPS) is 14.4. The Hall–Kier alpha value is -3.83. The molecule has 194 valence electrons. The molecule has 0 unspecified atom stereocenters. The van der Waals surface area contributed by atoms with E-state index >= 15 is 4.39 Å². The van der Waals surface area contributed by atoms with E-state index in [0.29, 0.717) is 6.41 Å². The Morgan fingerprint density at radius 2 is 1.95 bits per heavy atom. The van der Waals surface area contributed by atoms with Gasteiger partial charge in [0.25, 0.3) is 10.0 Å². The first-order valence-corrected chi connectivity index (χ1v) is 13.0. The Balaban J connectivity index is 1.68. The maximum atomic E-state index is 15.2. The summed E-state index contributed by atoms with van der Waals surface area (Å²) in [4.78, 5) is 16.2. The number of aromatic nitrogens is 1. The summed E-state index contributed by atoms with van der Waals surface area (Å²) in [5, 5.41) is 3.27. The SMILES string of the molecule is COc1cc(S(=O)(=O)Nc2cccc(F)n2)c(F)cc1N(C=O)[C@H](C)c1cccc(C2=CCNCC2)c1. The molecule has 11 heteroatoms. The molecule has 2 N–H and O–H groups in total. The van der Waals surface area contributed by atoms with E-state index in [1.807, 2.05) is 29.0 Å². The zero-order valence-electron chi connectivity index (χ0n) is 20.2. The number of hydrogen-bond donors (Lipinski definition) is 2. The van der Waals surface area contributed by atoms with Crippen LogP contribution in [0.3, 0.4) is 0 Å². The lowest BCUT2D eigenvalue weighted by Gasteiger charge is -2.28. The number of carbonyl (C=O) groups is 1. The van der Waals surface area contributed by atoms with Crippen LogP contribution in [0, 0.1) is 11.8 Å². The second kappa shape index (κ2) is 11.1. The minimum Gasteiger partial charge on any atom is -0.495 e. The maximum absolute atomic E-state index is 15.2. The van der Waals surface area contributed by atoms with Gasteiger partial charge >= 0.3 is 0 Å². The van der Waals surface area contributed by atoms with Crippen molar-refractivity contribution in [2.45, 2.75) is 24.3 Å². The smallest absolute Gasteiger partial charge is 0.266 e. The maximum Gasteiger partial charge on any atom is 0.266 e. The summed E-state index contributed by atoms with van der Waals surface area (Å²) < 4.78 is 61.6. The number of nitrogens with zero attached hydrogens (tertiary/aromatic N) is 2. The van der Waals surface area contributed by atoms with E-state index in [1.165, 1.54) is 29.7 Å². The van der Waals surface area contributed by atoms with Gasteiger partial charge in [0, 0.05) is 18.7 Å². The van der Waals surface area contributed by atoms with Gasteiger partial charge in [-0.15, -0.1) is 0 Å². The molecule has 4 rings (SSSR count). The number of nitrogens with one attached hydrogen (secondary N) is 2. The predicted octanol–water partition coefficient (Wildman–Crippen LogP) is 4.27. The van der Waals surface area contributed by atoms with Gasteiger partial charge in [0.15, 0.2) is 0 Å². The molecule has 2 heterocycles. The van der Waals surface area contributed by atoms with Crippen molar-refractivity contribution in [3.63, 3.8) is 0 Å². The zero-order valence-corrected chi connectivity index (χ0v) is 21.1. The van der Waals surface area contributed by atoms with Crippen LogP contribution < -0.4 is 19.7 Å². The van der Waals surface area contributed by atoms with Crippen molar-refractivity contribution < 1.29 is 26.7 Å². The summed E-state index contributed by atoms with van der Waals surface area (Å²) >= 11 is 0. The highest BCUT2D eigenvalue weighted by molar-refractivity contribution is 7.92. The molecule has 8 nitrogen and oxygen atoms in total. The second-order valence-corrected chi connectivity index (χ2v) is 10.1. The van der Waals surface area contributed by atoms with E-state index in [9.17, 15) is 17.6 Å². The van der Waals surface area contributed by atoms with Gasteiger partial charge in [-0.2, -0.15) is 4.39 Å². The second-order valence-electron chi connectivity index (χ2n) is 8.40. The molecule has 2 aromatic carbocycles. The molecule has 0 saturated carbocycles. The number of carbonyl (C=O) groups excluding carboxylic acids is 1. The fourth-order valence-electron chi connectivity index (χ4n) is 4.15. The summed E-state index contributed by atoms with van der Waals surface area (Å²) in [5.41, 5.74) is 3.09. The third kappa shape index (κ3) is 5.78. The number of benzene rings is 2. The number of amides is 1. The molecule has 1 aromatic heterocycles. The van der Waals surface area contributed by atoms with Crippen LogP contribution >= 0.6 is 0 Å². The first-order chi connectivity index (χ1) is 17.7. The molecule has 1 aliphatic rings. The number of sulfonamides is 1. The van der Waals surface area contributed by atoms with Crippen LogP contribution in [0.1, 0.15) is 30.5 Å². The highest BCUT2D eigenvalue weighted by Gasteiger charge is 2.27. The van der Waals surface area contributed by atoms with Crippen LogP contribution in [0.25, 0.3) is 5.57 Å². The monoisotopic (exact) mass is 528 g/mol. The highest BCUT2D eigenvalue weighted by atomic mass is 32.2. The van der Waals surface area contributed by atoms with E-state index < -0.39 is 32.7 Å². The Bertz CT molecular complexity index is 1450. The number of pyridine rings is 1. The predicted molar refractivity (Wildman–Crippen MR) is 137 cm³/mol. The van der Waals surface area contributed by atoms with Crippen LogP contribution in [0.4, 0.5) is 20.3 Å². The molecule has 0 radical (unpaired) electrons. The molecular formula is C26H26F2N4O4S. The lowest BCUT2D eigenvalue weighted by Crippen LogP contribution is -2.26. The van der Waals surface area contributed by atoms with Gasteiger partial charge in [-0.1, -0.05) is 30.3 Å². The van der Waals surface area contributed by atoms with Crippen molar-refractivity contribution in [1.82, 2.24) is 10.3 Å². The minimum absolute atomic E-state index is 0.0369. The van der Waals surface area contributed by atoms with Crippen molar-refractivity contribution in [3.05, 3.63) is 83.6 Å². The third-order valence-corrected chi connectivity index (χ3v) is 7.46. The fourth-order valence-corrected chi connectivity index (χ4v) is 5.23. The highest BCUT2D eigenvalue weighted by Crippen LogP contribution is 2.37. The molecule has 0 fully saturated rings. The Morgan fingerprint density at radius 3 is 2.62 bits per heavy atom. The molecule has 0 aliphatic carbocycles. The quantitative estimate of drug-likeness (QED) is 0.318. The Labute approximate surface area is 214 Å². The van der Waals surface area contributed by atoms with Gasteiger partial charge in [-0.3, -0.25) is 9.52 Å². The minimum atomic E-state index is -4.49. The lowest BCUT2D eigenvalue weighted by atomic mass is 9.96. The number of ether oxygens (including phenoxy) is 1. The van der Waals surface area contributed by atoms with E-state index in [0.717, 1.165) is 48.8 Å². The van der Waals surface area contributed by atoms with Crippen LogP contribution in [0.2, 0.25) is 0 Å². The molecule has 1 amide bonds. The zero-order chi connectivity index (χ0) is 26.6. The van der Waals surface area contributed by atoms with Crippen molar-refractivity contribution >= 4 is 33.5 Å². The molecule has 3 aromatic rings. The van der Waals surface area contributed by atoms with Crippen LogP contribution in [-0.4, -0.2) is 40.0 Å². The van der Waals surface area contributed by atoms with E-state index in [2.05, 4.69) is 16.4 Å². The summed E-state index contributed by atoms with van der Waals surface area (Å²) in [6.07, 6.45) is 3.54. The average Bonchev–Trinajstić information content (AvgIpc) is 2.89. The van der Waals surface area contributed by atoms with Crippen molar-refractivity contribution in [1.29, 1.82) is 0 Å². The third-order valence-electron chi connectivity index (χ3n) is 6.09.